The number of rotatable bonds is 0. The predicted octanol–water partition coefficient (Wildman–Crippen LogP) is 9.23. The van der Waals surface area contributed by atoms with Crippen LogP contribution in [0.15, 0.2) is 91.0 Å². The second-order valence-corrected chi connectivity index (χ2v) is 9.97. The second kappa shape index (κ2) is 5.95. The molecule has 1 heteroatoms. The third kappa shape index (κ3) is 2.04. The largest absolute Gasteiger partial charge is 0.294 e. The van der Waals surface area contributed by atoms with Crippen LogP contribution in [-0.2, 0) is 0 Å². The van der Waals surface area contributed by atoms with Crippen LogP contribution in [0.1, 0.15) is 22.3 Å². The molecule has 0 fully saturated rings. The topological polar surface area (TPSA) is 17.1 Å². The molecular formula is C34H18O. The average molecular weight is 443 g/mol. The minimum atomic E-state index is 0.216. The van der Waals surface area contributed by atoms with Gasteiger partial charge in [0, 0.05) is 12.0 Å². The van der Waals surface area contributed by atoms with Gasteiger partial charge in [-0.3, -0.25) is 4.79 Å². The highest BCUT2D eigenvalue weighted by atomic mass is 16.1. The highest BCUT2D eigenvalue weighted by Gasteiger charge is 2.26. The number of hydrogen-bond donors (Lipinski definition) is 0. The molecule has 0 heterocycles. The summed E-state index contributed by atoms with van der Waals surface area (Å²) >= 11 is 0. The van der Waals surface area contributed by atoms with E-state index >= 15 is 0 Å². The normalized spacial score (nSPS) is 14.1. The van der Waals surface area contributed by atoms with E-state index in [-0.39, 0.29) is 5.78 Å². The lowest BCUT2D eigenvalue weighted by Gasteiger charge is -2.23. The van der Waals surface area contributed by atoms with Crippen LogP contribution in [0.5, 0.6) is 0 Å². The zero-order chi connectivity index (χ0) is 22.8. The van der Waals surface area contributed by atoms with Crippen molar-refractivity contribution in [1.29, 1.82) is 0 Å². The van der Waals surface area contributed by atoms with Gasteiger partial charge in [0.25, 0.3) is 0 Å². The molecule has 0 aromatic heterocycles. The van der Waals surface area contributed by atoms with Crippen LogP contribution >= 0.6 is 0 Å². The summed E-state index contributed by atoms with van der Waals surface area (Å²) in [4.78, 5) is 13.5. The van der Waals surface area contributed by atoms with Gasteiger partial charge in [0.2, 0.25) is 0 Å². The number of Topliss-reactive ketones (excluding diaryl/α,β-unsaturated/α-hetero) is 1. The van der Waals surface area contributed by atoms with E-state index in [1.807, 2.05) is 6.08 Å². The Hall–Kier alpha value is -4.49. The van der Waals surface area contributed by atoms with Gasteiger partial charge in [-0.1, -0.05) is 72.8 Å². The molecule has 9 rings (SSSR count). The van der Waals surface area contributed by atoms with E-state index in [4.69, 9.17) is 0 Å². The maximum absolute atomic E-state index is 13.5. The first-order valence-corrected chi connectivity index (χ1v) is 12.2. The van der Waals surface area contributed by atoms with Crippen molar-refractivity contribution < 1.29 is 4.79 Å². The minimum Gasteiger partial charge on any atom is -0.294 e. The molecule has 0 N–H and O–H groups in total. The molecule has 8 aromatic rings. The van der Waals surface area contributed by atoms with E-state index in [0.29, 0.717) is 6.42 Å². The standard InChI is InChI=1S/C34H18O/c35-29-11-5-10-24-26-15-19-7-2-4-9-23(19)25-16-21-13-12-20-14-18-6-1-3-8-22(18)27-17-28(32(24)29)34(33(25)26)31(21)30(20)27/h1-10,12-17H,11H2. The fourth-order valence-corrected chi connectivity index (χ4v) is 6.87. The Morgan fingerprint density at radius 2 is 1.14 bits per heavy atom. The van der Waals surface area contributed by atoms with Crippen LogP contribution in [-0.4, -0.2) is 5.78 Å². The Balaban J connectivity index is 1.72. The number of hydrogen-bond acceptors (Lipinski definition) is 1. The molecule has 0 saturated heterocycles. The average Bonchev–Trinajstić information content (AvgIpc) is 2.90. The molecule has 8 aromatic carbocycles. The van der Waals surface area contributed by atoms with E-state index in [9.17, 15) is 4.79 Å². The lowest BCUT2D eigenvalue weighted by atomic mass is 9.79. The molecule has 0 radical (unpaired) electrons. The Morgan fingerprint density at radius 1 is 0.486 bits per heavy atom. The molecule has 0 amide bonds. The fourth-order valence-electron chi connectivity index (χ4n) is 6.87. The van der Waals surface area contributed by atoms with Crippen molar-refractivity contribution in [3.05, 3.63) is 102 Å². The minimum absolute atomic E-state index is 0.216. The van der Waals surface area contributed by atoms with Gasteiger partial charge >= 0.3 is 0 Å². The first-order valence-electron chi connectivity index (χ1n) is 12.2. The van der Waals surface area contributed by atoms with E-state index in [2.05, 4.69) is 91.0 Å². The van der Waals surface area contributed by atoms with Gasteiger partial charge in [0.1, 0.15) is 0 Å². The van der Waals surface area contributed by atoms with Gasteiger partial charge in [-0.15, -0.1) is 0 Å². The maximum atomic E-state index is 13.5. The van der Waals surface area contributed by atoms with Crippen molar-refractivity contribution in [1.82, 2.24) is 0 Å². The molecule has 0 aliphatic heterocycles. The molecule has 0 unspecified atom stereocenters. The summed E-state index contributed by atoms with van der Waals surface area (Å²) in [5, 5.41) is 17.4. The van der Waals surface area contributed by atoms with Crippen LogP contribution in [0.3, 0.4) is 0 Å². The summed E-state index contributed by atoms with van der Waals surface area (Å²) in [6, 6.07) is 31.1. The number of ketones is 1. The summed E-state index contributed by atoms with van der Waals surface area (Å²) in [7, 11) is 0. The molecule has 1 aliphatic carbocycles. The Kier molecular flexibility index (Phi) is 3.04. The van der Waals surface area contributed by atoms with Crippen LogP contribution < -0.4 is 0 Å². The van der Waals surface area contributed by atoms with Gasteiger partial charge in [-0.2, -0.15) is 0 Å². The molecule has 0 bridgehead atoms. The van der Waals surface area contributed by atoms with Gasteiger partial charge < -0.3 is 0 Å². The van der Waals surface area contributed by atoms with Gasteiger partial charge in [-0.05, 0) is 105 Å². The molecule has 160 valence electrons. The van der Waals surface area contributed by atoms with Crippen molar-refractivity contribution in [2.75, 3.05) is 0 Å². The van der Waals surface area contributed by atoms with E-state index in [1.54, 1.807) is 0 Å². The maximum Gasteiger partial charge on any atom is 0.167 e. The Morgan fingerprint density at radius 3 is 1.94 bits per heavy atom. The summed E-state index contributed by atoms with van der Waals surface area (Å²) in [6.07, 6.45) is 4.66. The van der Waals surface area contributed by atoms with Crippen molar-refractivity contribution >= 4 is 87.3 Å². The molecule has 1 aliphatic rings. The Labute approximate surface area is 200 Å². The second-order valence-electron chi connectivity index (χ2n) is 9.97. The monoisotopic (exact) mass is 442 g/mol. The predicted molar refractivity (Wildman–Crippen MR) is 149 cm³/mol. The van der Waals surface area contributed by atoms with E-state index in [1.165, 1.54) is 70.0 Å². The number of benzene rings is 8. The lowest BCUT2D eigenvalue weighted by Crippen LogP contribution is -2.07. The Bertz CT molecular complexity index is 2250. The van der Waals surface area contributed by atoms with Gasteiger partial charge in [0.05, 0.1) is 0 Å². The number of fused-ring (bicyclic) bond motifs is 7. The van der Waals surface area contributed by atoms with Crippen LogP contribution in [0.25, 0.3) is 81.5 Å². The van der Waals surface area contributed by atoms with Gasteiger partial charge in [-0.25, -0.2) is 0 Å². The summed E-state index contributed by atoms with van der Waals surface area (Å²) in [5.41, 5.74) is 1.96. The summed E-state index contributed by atoms with van der Waals surface area (Å²) < 4.78 is 0. The molecular weight excluding hydrogens is 424 g/mol. The molecule has 0 saturated carbocycles. The third-order valence-electron chi connectivity index (χ3n) is 8.24. The van der Waals surface area contributed by atoms with Crippen molar-refractivity contribution in [3.63, 3.8) is 0 Å². The first kappa shape index (κ1) is 17.9. The molecule has 0 atom stereocenters. The third-order valence-corrected chi connectivity index (χ3v) is 8.24. The van der Waals surface area contributed by atoms with Crippen LogP contribution in [0.4, 0.5) is 0 Å². The van der Waals surface area contributed by atoms with Gasteiger partial charge in [0.15, 0.2) is 5.78 Å². The highest BCUT2D eigenvalue weighted by molar-refractivity contribution is 6.43. The van der Waals surface area contributed by atoms with Crippen molar-refractivity contribution in [3.8, 4) is 0 Å². The van der Waals surface area contributed by atoms with Crippen LogP contribution in [0.2, 0.25) is 0 Å². The number of allylic oxidation sites excluding steroid dienone is 1. The molecule has 1 nitrogen and oxygen atoms in total. The molecule has 35 heavy (non-hydrogen) atoms. The van der Waals surface area contributed by atoms with E-state index in [0.717, 1.165) is 16.5 Å². The van der Waals surface area contributed by atoms with Crippen molar-refractivity contribution in [2.45, 2.75) is 6.42 Å². The summed E-state index contributed by atoms with van der Waals surface area (Å²) in [6.45, 7) is 0. The number of carbonyl (C=O) groups is 1. The fraction of sp³-hybridized carbons (Fsp3) is 0.0294. The quantitative estimate of drug-likeness (QED) is 0.169. The summed E-state index contributed by atoms with van der Waals surface area (Å²) in [5.74, 6) is 0.216. The SMILES string of the molecule is O=C1CC=Cc2c1c1cc3c4ccccc4cc4ccc5cc6c7ccccc7cc2c6c1c5c43. The van der Waals surface area contributed by atoms with E-state index < -0.39 is 0 Å². The molecule has 0 spiro atoms. The highest BCUT2D eigenvalue weighted by Crippen LogP contribution is 2.49. The van der Waals surface area contributed by atoms with Crippen molar-refractivity contribution in [2.24, 2.45) is 0 Å². The smallest absolute Gasteiger partial charge is 0.167 e. The van der Waals surface area contributed by atoms with Crippen LogP contribution in [0, 0.1) is 0 Å². The first-order chi connectivity index (χ1) is 17.3. The zero-order valence-electron chi connectivity index (χ0n) is 18.9. The zero-order valence-corrected chi connectivity index (χ0v) is 18.9. The lowest BCUT2D eigenvalue weighted by molar-refractivity contribution is 0.0996. The number of carbonyl (C=O) groups excluding carboxylic acids is 1.